The van der Waals surface area contributed by atoms with Crippen LogP contribution >= 0.6 is 11.3 Å². The van der Waals surface area contributed by atoms with Crippen molar-refractivity contribution in [2.24, 2.45) is 11.8 Å². The SMILES string of the molecule is c1cc(NC2CCCC3CC32)cs1. The van der Waals surface area contributed by atoms with Gasteiger partial charge in [-0.3, -0.25) is 0 Å². The molecule has 0 saturated heterocycles. The fraction of sp³-hybridized carbons (Fsp3) is 0.636. The lowest BCUT2D eigenvalue weighted by atomic mass is 9.95. The van der Waals surface area contributed by atoms with Gasteiger partial charge in [-0.25, -0.2) is 0 Å². The van der Waals surface area contributed by atoms with Crippen LogP contribution in [0.1, 0.15) is 25.7 Å². The minimum atomic E-state index is 0.786. The molecule has 1 nitrogen and oxygen atoms in total. The van der Waals surface area contributed by atoms with Gasteiger partial charge in [0.05, 0.1) is 0 Å². The highest BCUT2D eigenvalue weighted by molar-refractivity contribution is 7.08. The Hall–Kier alpha value is -0.500. The minimum absolute atomic E-state index is 0.786. The van der Waals surface area contributed by atoms with Crippen LogP contribution in [0, 0.1) is 11.8 Å². The fourth-order valence-corrected chi connectivity index (χ4v) is 3.25. The summed E-state index contributed by atoms with van der Waals surface area (Å²) in [6.45, 7) is 0. The highest BCUT2D eigenvalue weighted by atomic mass is 32.1. The predicted molar refractivity (Wildman–Crippen MR) is 57.2 cm³/mol. The second-order valence-corrected chi connectivity index (χ2v) is 5.13. The molecule has 2 saturated carbocycles. The van der Waals surface area contributed by atoms with Crippen molar-refractivity contribution in [2.75, 3.05) is 5.32 Å². The van der Waals surface area contributed by atoms with Crippen molar-refractivity contribution < 1.29 is 0 Å². The average molecular weight is 193 g/mol. The predicted octanol–water partition coefficient (Wildman–Crippen LogP) is 3.35. The molecule has 1 N–H and O–H groups in total. The number of hydrogen-bond donors (Lipinski definition) is 1. The molecular weight excluding hydrogens is 178 g/mol. The number of anilines is 1. The summed E-state index contributed by atoms with van der Waals surface area (Å²) in [5, 5.41) is 8.03. The minimum Gasteiger partial charge on any atom is -0.381 e. The Labute approximate surface area is 83.2 Å². The summed E-state index contributed by atoms with van der Waals surface area (Å²) in [7, 11) is 0. The average Bonchev–Trinajstić information content (AvgIpc) is 2.77. The molecule has 2 aliphatic carbocycles. The van der Waals surface area contributed by atoms with E-state index < -0.39 is 0 Å². The van der Waals surface area contributed by atoms with Crippen LogP contribution in [0.25, 0.3) is 0 Å². The highest BCUT2D eigenvalue weighted by Crippen LogP contribution is 2.50. The molecule has 1 aromatic rings. The molecule has 2 fully saturated rings. The summed E-state index contributed by atoms with van der Waals surface area (Å²) in [5.74, 6) is 2.08. The number of thiophene rings is 1. The van der Waals surface area contributed by atoms with Gasteiger partial charge in [0.2, 0.25) is 0 Å². The molecule has 2 aliphatic rings. The van der Waals surface area contributed by atoms with Gasteiger partial charge in [0.15, 0.2) is 0 Å². The highest BCUT2D eigenvalue weighted by Gasteiger charge is 2.44. The van der Waals surface area contributed by atoms with Crippen molar-refractivity contribution >= 4 is 17.0 Å². The van der Waals surface area contributed by atoms with Crippen LogP contribution in [0.3, 0.4) is 0 Å². The van der Waals surface area contributed by atoms with E-state index in [0.29, 0.717) is 0 Å². The van der Waals surface area contributed by atoms with Crippen LogP contribution in [0.15, 0.2) is 16.8 Å². The Kier molecular flexibility index (Phi) is 1.82. The molecule has 0 aromatic carbocycles. The second-order valence-electron chi connectivity index (χ2n) is 4.35. The summed E-state index contributed by atoms with van der Waals surface area (Å²) in [6.07, 6.45) is 5.80. The summed E-state index contributed by atoms with van der Waals surface area (Å²) in [6, 6.07) is 2.98. The molecule has 3 unspecified atom stereocenters. The van der Waals surface area contributed by atoms with Crippen LogP contribution in [-0.4, -0.2) is 6.04 Å². The third-order valence-corrected chi connectivity index (χ3v) is 4.14. The molecule has 3 atom stereocenters. The Morgan fingerprint density at radius 1 is 1.38 bits per heavy atom. The zero-order valence-electron chi connectivity index (χ0n) is 7.70. The topological polar surface area (TPSA) is 12.0 Å². The third kappa shape index (κ3) is 1.48. The molecule has 0 bridgehead atoms. The van der Waals surface area contributed by atoms with Crippen LogP contribution in [0.2, 0.25) is 0 Å². The first-order chi connectivity index (χ1) is 6.43. The zero-order chi connectivity index (χ0) is 8.67. The molecule has 2 heteroatoms. The van der Waals surface area contributed by atoms with Crippen molar-refractivity contribution in [1.29, 1.82) is 0 Å². The first-order valence-electron chi connectivity index (χ1n) is 5.22. The van der Waals surface area contributed by atoms with Crippen molar-refractivity contribution in [3.63, 3.8) is 0 Å². The maximum Gasteiger partial charge on any atom is 0.0451 e. The van der Waals surface area contributed by atoms with Gasteiger partial charge in [-0.2, -0.15) is 11.3 Å². The monoisotopic (exact) mass is 193 g/mol. The quantitative estimate of drug-likeness (QED) is 0.759. The molecular formula is C11H15NS. The first kappa shape index (κ1) is 7.86. The molecule has 0 radical (unpaired) electrons. The molecule has 70 valence electrons. The second kappa shape index (κ2) is 3.02. The molecule has 1 aromatic heterocycles. The van der Waals surface area contributed by atoms with E-state index in [9.17, 15) is 0 Å². The number of rotatable bonds is 2. The largest absolute Gasteiger partial charge is 0.381 e. The van der Waals surface area contributed by atoms with Crippen molar-refractivity contribution in [1.82, 2.24) is 0 Å². The van der Waals surface area contributed by atoms with Gasteiger partial charge in [0, 0.05) is 17.1 Å². The summed E-state index contributed by atoms with van der Waals surface area (Å²) in [5.41, 5.74) is 1.34. The Morgan fingerprint density at radius 2 is 2.38 bits per heavy atom. The van der Waals surface area contributed by atoms with E-state index in [0.717, 1.165) is 17.9 Å². The lowest BCUT2D eigenvalue weighted by Gasteiger charge is -2.22. The molecule has 1 heterocycles. The van der Waals surface area contributed by atoms with Gasteiger partial charge in [0.25, 0.3) is 0 Å². The van der Waals surface area contributed by atoms with Crippen LogP contribution in [0.4, 0.5) is 5.69 Å². The number of hydrogen-bond acceptors (Lipinski definition) is 2. The normalized spacial score (nSPS) is 36.8. The van der Waals surface area contributed by atoms with Gasteiger partial charge >= 0.3 is 0 Å². The van der Waals surface area contributed by atoms with Gasteiger partial charge in [-0.1, -0.05) is 12.8 Å². The Morgan fingerprint density at radius 3 is 3.23 bits per heavy atom. The van der Waals surface area contributed by atoms with E-state index in [-0.39, 0.29) is 0 Å². The van der Waals surface area contributed by atoms with Crippen molar-refractivity contribution in [2.45, 2.75) is 31.7 Å². The third-order valence-electron chi connectivity index (χ3n) is 3.46. The Balaban J connectivity index is 1.66. The zero-order valence-corrected chi connectivity index (χ0v) is 8.52. The summed E-state index contributed by atoms with van der Waals surface area (Å²) in [4.78, 5) is 0. The van der Waals surface area contributed by atoms with E-state index in [1.807, 2.05) is 0 Å². The molecule has 13 heavy (non-hydrogen) atoms. The van der Waals surface area contributed by atoms with E-state index in [1.165, 1.54) is 31.4 Å². The molecule has 0 aliphatic heterocycles. The van der Waals surface area contributed by atoms with Crippen LogP contribution < -0.4 is 5.32 Å². The Bertz CT molecular complexity index is 280. The standard InChI is InChI=1S/C11H15NS/c1-2-8-6-10(8)11(3-1)12-9-4-5-13-7-9/h4-5,7-8,10-12H,1-3,6H2. The van der Waals surface area contributed by atoms with E-state index in [4.69, 9.17) is 0 Å². The summed E-state index contributed by atoms with van der Waals surface area (Å²) < 4.78 is 0. The smallest absolute Gasteiger partial charge is 0.0451 e. The van der Waals surface area contributed by atoms with Crippen LogP contribution in [-0.2, 0) is 0 Å². The maximum absolute atomic E-state index is 3.66. The van der Waals surface area contributed by atoms with Crippen molar-refractivity contribution in [3.8, 4) is 0 Å². The first-order valence-corrected chi connectivity index (χ1v) is 6.16. The number of nitrogens with one attached hydrogen (secondary N) is 1. The number of fused-ring (bicyclic) bond motifs is 1. The fourth-order valence-electron chi connectivity index (χ4n) is 2.65. The van der Waals surface area contributed by atoms with E-state index >= 15 is 0 Å². The van der Waals surface area contributed by atoms with Gasteiger partial charge < -0.3 is 5.32 Å². The van der Waals surface area contributed by atoms with E-state index in [1.54, 1.807) is 11.3 Å². The lowest BCUT2D eigenvalue weighted by molar-refractivity contribution is 0.440. The summed E-state index contributed by atoms with van der Waals surface area (Å²) >= 11 is 1.78. The van der Waals surface area contributed by atoms with Gasteiger partial charge in [0.1, 0.15) is 0 Å². The maximum atomic E-state index is 3.66. The van der Waals surface area contributed by atoms with Gasteiger partial charge in [-0.15, -0.1) is 0 Å². The van der Waals surface area contributed by atoms with Crippen LogP contribution in [0.5, 0.6) is 0 Å². The van der Waals surface area contributed by atoms with Crippen molar-refractivity contribution in [3.05, 3.63) is 16.8 Å². The van der Waals surface area contributed by atoms with E-state index in [2.05, 4.69) is 22.1 Å². The lowest BCUT2D eigenvalue weighted by Crippen LogP contribution is -2.25. The molecule has 0 amide bonds. The molecule has 0 spiro atoms. The molecule has 3 rings (SSSR count). The van der Waals surface area contributed by atoms with Gasteiger partial charge in [-0.05, 0) is 36.1 Å².